The molecule has 1 aliphatic carbocycles. The molecule has 3 aromatic heterocycles. The maximum atomic E-state index is 12.6. The molecule has 3 heterocycles. The highest BCUT2D eigenvalue weighted by molar-refractivity contribution is 5.91. The molecule has 0 spiro atoms. The van der Waals surface area contributed by atoms with E-state index in [-0.39, 0.29) is 16.9 Å². The van der Waals surface area contributed by atoms with Crippen molar-refractivity contribution in [2.45, 2.75) is 52.9 Å². The summed E-state index contributed by atoms with van der Waals surface area (Å²) in [6.45, 7) is 6.00. The molecule has 0 aliphatic heterocycles. The standard InChI is InChI=1S/C21H25N5O3/c1-21(2,3)12-18(27)23-17-11-15(16-9-6-10-29-16)25-26(17)20-22-14-8-5-4-7-13(14)19(28)24-20/h6,9-11H,4-5,7-8,12H2,1-3H3,(H,23,27)(H,22,24,28). The predicted octanol–water partition coefficient (Wildman–Crippen LogP) is 3.47. The lowest BCUT2D eigenvalue weighted by Gasteiger charge is -2.18. The summed E-state index contributed by atoms with van der Waals surface area (Å²) >= 11 is 0. The van der Waals surface area contributed by atoms with E-state index < -0.39 is 0 Å². The number of nitrogens with one attached hydrogen (secondary N) is 2. The van der Waals surface area contributed by atoms with Crippen molar-refractivity contribution in [3.8, 4) is 17.4 Å². The van der Waals surface area contributed by atoms with Gasteiger partial charge < -0.3 is 9.73 Å². The van der Waals surface area contributed by atoms with Crippen LogP contribution in [0.3, 0.4) is 0 Å². The van der Waals surface area contributed by atoms with Crippen LogP contribution in [-0.2, 0) is 17.6 Å². The first-order valence-corrected chi connectivity index (χ1v) is 9.86. The Morgan fingerprint density at radius 2 is 2.10 bits per heavy atom. The lowest BCUT2D eigenvalue weighted by atomic mass is 9.92. The Hall–Kier alpha value is -3.16. The van der Waals surface area contributed by atoms with E-state index in [0.717, 1.165) is 36.9 Å². The number of carbonyl (C=O) groups excluding carboxylic acids is 1. The molecule has 8 heteroatoms. The van der Waals surface area contributed by atoms with Crippen molar-refractivity contribution in [2.75, 3.05) is 5.32 Å². The van der Waals surface area contributed by atoms with E-state index in [1.165, 1.54) is 4.68 Å². The number of aryl methyl sites for hydroxylation is 1. The number of hydrogen-bond acceptors (Lipinski definition) is 5. The average Bonchev–Trinajstić information content (AvgIpc) is 3.29. The molecular weight excluding hydrogens is 370 g/mol. The summed E-state index contributed by atoms with van der Waals surface area (Å²) in [5.74, 6) is 1.16. The van der Waals surface area contributed by atoms with Gasteiger partial charge in [-0.1, -0.05) is 20.8 Å². The van der Waals surface area contributed by atoms with Gasteiger partial charge in [-0.25, -0.2) is 4.98 Å². The molecule has 0 radical (unpaired) electrons. The van der Waals surface area contributed by atoms with Crippen LogP contribution in [0, 0.1) is 5.41 Å². The molecule has 8 nitrogen and oxygen atoms in total. The van der Waals surface area contributed by atoms with Crippen LogP contribution in [0.1, 0.15) is 51.3 Å². The molecule has 1 amide bonds. The minimum atomic E-state index is -0.156. The number of aromatic amines is 1. The number of rotatable bonds is 4. The van der Waals surface area contributed by atoms with Crippen molar-refractivity contribution in [3.63, 3.8) is 0 Å². The largest absolute Gasteiger partial charge is 0.463 e. The topological polar surface area (TPSA) is 106 Å². The summed E-state index contributed by atoms with van der Waals surface area (Å²) in [5, 5.41) is 7.44. The maximum Gasteiger partial charge on any atom is 0.255 e. The van der Waals surface area contributed by atoms with Gasteiger partial charge in [0.15, 0.2) is 5.76 Å². The monoisotopic (exact) mass is 395 g/mol. The summed E-state index contributed by atoms with van der Waals surface area (Å²) in [6, 6.07) is 5.28. The molecule has 0 saturated carbocycles. The quantitative estimate of drug-likeness (QED) is 0.704. The first-order valence-electron chi connectivity index (χ1n) is 9.86. The number of anilines is 1. The number of nitrogens with zero attached hydrogens (tertiary/aromatic N) is 3. The van der Waals surface area contributed by atoms with Gasteiger partial charge in [0.2, 0.25) is 11.9 Å². The average molecular weight is 395 g/mol. The fraction of sp³-hybridized carbons (Fsp3) is 0.429. The van der Waals surface area contributed by atoms with Crippen molar-refractivity contribution in [1.82, 2.24) is 19.7 Å². The summed E-state index contributed by atoms with van der Waals surface area (Å²) in [7, 11) is 0. The molecule has 4 rings (SSSR count). The third kappa shape index (κ3) is 4.16. The van der Waals surface area contributed by atoms with Crippen LogP contribution in [0.4, 0.5) is 5.82 Å². The van der Waals surface area contributed by atoms with Crippen molar-refractivity contribution in [3.05, 3.63) is 46.1 Å². The molecule has 0 bridgehead atoms. The van der Waals surface area contributed by atoms with E-state index in [9.17, 15) is 9.59 Å². The van der Waals surface area contributed by atoms with Gasteiger partial charge in [-0.2, -0.15) is 9.78 Å². The minimum absolute atomic E-state index is 0.134. The Bertz CT molecular complexity index is 1090. The number of carbonyl (C=O) groups is 1. The zero-order valence-corrected chi connectivity index (χ0v) is 16.9. The highest BCUT2D eigenvalue weighted by atomic mass is 16.3. The Labute approximate surface area is 168 Å². The summed E-state index contributed by atoms with van der Waals surface area (Å²) in [4.78, 5) is 32.6. The molecule has 1 aliphatic rings. The van der Waals surface area contributed by atoms with Crippen LogP contribution in [0.15, 0.2) is 33.7 Å². The van der Waals surface area contributed by atoms with Crippen LogP contribution in [0.5, 0.6) is 0 Å². The van der Waals surface area contributed by atoms with E-state index in [4.69, 9.17) is 4.42 Å². The van der Waals surface area contributed by atoms with Gasteiger partial charge in [0.05, 0.1) is 12.0 Å². The lowest BCUT2D eigenvalue weighted by Crippen LogP contribution is -2.25. The van der Waals surface area contributed by atoms with Crippen LogP contribution in [0.2, 0.25) is 0 Å². The van der Waals surface area contributed by atoms with Crippen LogP contribution >= 0.6 is 0 Å². The second-order valence-corrected chi connectivity index (χ2v) is 8.61. The SMILES string of the molecule is CC(C)(C)CC(=O)Nc1cc(-c2ccco2)nn1-c1nc2c(c(=O)[nH]1)CCCC2. The van der Waals surface area contributed by atoms with Gasteiger partial charge in [-0.3, -0.25) is 14.6 Å². The number of fused-ring (bicyclic) bond motifs is 1. The van der Waals surface area contributed by atoms with E-state index in [1.807, 2.05) is 20.8 Å². The fourth-order valence-electron chi connectivity index (χ4n) is 3.54. The van der Waals surface area contributed by atoms with Crippen molar-refractivity contribution >= 4 is 11.7 Å². The normalized spacial score (nSPS) is 13.9. The van der Waals surface area contributed by atoms with Gasteiger partial charge in [0.25, 0.3) is 5.56 Å². The Balaban J connectivity index is 1.76. The van der Waals surface area contributed by atoms with Crippen molar-refractivity contribution in [2.24, 2.45) is 5.41 Å². The van der Waals surface area contributed by atoms with Gasteiger partial charge >= 0.3 is 0 Å². The maximum absolute atomic E-state index is 12.6. The molecule has 3 aromatic rings. The van der Waals surface area contributed by atoms with E-state index in [2.05, 4.69) is 20.4 Å². The Morgan fingerprint density at radius 1 is 1.31 bits per heavy atom. The second-order valence-electron chi connectivity index (χ2n) is 8.61. The number of H-pyrrole nitrogens is 1. The molecule has 2 N–H and O–H groups in total. The molecule has 0 unspecified atom stereocenters. The third-order valence-electron chi connectivity index (χ3n) is 4.82. The van der Waals surface area contributed by atoms with Gasteiger partial charge in [-0.15, -0.1) is 0 Å². The first kappa shape index (κ1) is 19.2. The van der Waals surface area contributed by atoms with E-state index in [1.54, 1.807) is 24.5 Å². The first-order chi connectivity index (χ1) is 13.8. The summed E-state index contributed by atoms with van der Waals surface area (Å²) in [6.07, 6.45) is 5.42. The van der Waals surface area contributed by atoms with Gasteiger partial charge in [-0.05, 0) is 43.2 Å². The number of amides is 1. The van der Waals surface area contributed by atoms with Crippen molar-refractivity contribution in [1.29, 1.82) is 0 Å². The van der Waals surface area contributed by atoms with Gasteiger partial charge in [0.1, 0.15) is 11.5 Å². The molecule has 0 aromatic carbocycles. The minimum Gasteiger partial charge on any atom is -0.463 e. The van der Waals surface area contributed by atoms with Crippen LogP contribution in [-0.4, -0.2) is 25.7 Å². The summed E-state index contributed by atoms with van der Waals surface area (Å²) < 4.78 is 6.91. The Kier molecular flexibility index (Phi) is 4.86. The lowest BCUT2D eigenvalue weighted by molar-refractivity contribution is -0.117. The zero-order chi connectivity index (χ0) is 20.6. The molecule has 29 heavy (non-hydrogen) atoms. The van der Waals surface area contributed by atoms with E-state index in [0.29, 0.717) is 29.6 Å². The van der Waals surface area contributed by atoms with Crippen LogP contribution in [0.25, 0.3) is 17.4 Å². The van der Waals surface area contributed by atoms with Crippen LogP contribution < -0.4 is 10.9 Å². The number of hydrogen-bond donors (Lipinski definition) is 2. The predicted molar refractivity (Wildman–Crippen MR) is 109 cm³/mol. The number of furan rings is 1. The Morgan fingerprint density at radius 3 is 2.83 bits per heavy atom. The smallest absolute Gasteiger partial charge is 0.255 e. The molecule has 0 atom stereocenters. The fourth-order valence-corrected chi connectivity index (χ4v) is 3.54. The molecule has 0 saturated heterocycles. The molecular formula is C21H25N5O3. The highest BCUT2D eigenvalue weighted by Crippen LogP contribution is 2.26. The zero-order valence-electron chi connectivity index (χ0n) is 16.9. The number of aromatic nitrogens is 4. The molecule has 0 fully saturated rings. The van der Waals surface area contributed by atoms with Crippen molar-refractivity contribution < 1.29 is 9.21 Å². The van der Waals surface area contributed by atoms with E-state index >= 15 is 0 Å². The third-order valence-corrected chi connectivity index (χ3v) is 4.82. The van der Waals surface area contributed by atoms with Gasteiger partial charge in [0, 0.05) is 18.1 Å². The second kappa shape index (κ2) is 7.35. The highest BCUT2D eigenvalue weighted by Gasteiger charge is 2.22. The molecule has 152 valence electrons. The summed E-state index contributed by atoms with van der Waals surface area (Å²) in [5.41, 5.74) is 1.79.